The molecule has 5 nitrogen and oxygen atoms in total. The van der Waals surface area contributed by atoms with E-state index in [9.17, 15) is 9.59 Å². The van der Waals surface area contributed by atoms with Crippen LogP contribution >= 0.6 is 35.4 Å². The van der Waals surface area contributed by atoms with Crippen molar-refractivity contribution in [2.75, 3.05) is 4.90 Å². The Labute approximate surface area is 181 Å². The number of benzene rings is 2. The molecule has 1 fully saturated rings. The molecule has 2 heterocycles. The Bertz CT molecular complexity index is 1170. The fourth-order valence-electron chi connectivity index (χ4n) is 2.85. The summed E-state index contributed by atoms with van der Waals surface area (Å²) in [6, 6.07) is 17.1. The molecule has 1 aliphatic rings. The summed E-state index contributed by atoms with van der Waals surface area (Å²) >= 11 is 17.1. The summed E-state index contributed by atoms with van der Waals surface area (Å²) in [5, 5.41) is 3.62. The molecule has 1 aliphatic heterocycles. The molecule has 0 bridgehead atoms. The van der Waals surface area contributed by atoms with Gasteiger partial charge in [0.05, 0.1) is 5.69 Å². The maximum atomic E-state index is 13.0. The van der Waals surface area contributed by atoms with Crippen molar-refractivity contribution < 1.29 is 14.0 Å². The largest absolute Gasteiger partial charge is 0.457 e. The molecule has 0 saturated carbocycles. The molecule has 4 rings (SSSR count). The van der Waals surface area contributed by atoms with Gasteiger partial charge in [-0.05, 0) is 66.8 Å². The summed E-state index contributed by atoms with van der Waals surface area (Å²) in [5.41, 5.74) is 1.18. The third kappa shape index (κ3) is 3.96. The molecule has 3 aromatic rings. The number of hydrogen-bond acceptors (Lipinski definition) is 4. The van der Waals surface area contributed by atoms with Crippen LogP contribution in [0.1, 0.15) is 5.76 Å². The van der Waals surface area contributed by atoms with Gasteiger partial charge < -0.3 is 4.42 Å². The zero-order valence-electron chi connectivity index (χ0n) is 14.7. The first kappa shape index (κ1) is 19.4. The van der Waals surface area contributed by atoms with Crippen LogP contribution in [0.4, 0.5) is 5.69 Å². The average molecular weight is 443 g/mol. The number of rotatable bonds is 3. The SMILES string of the molecule is O=C1NC(=S)N(c2ccc(Cl)cc2)C(=O)C1=Cc1ccc(-c2cccc(Cl)c2)o1. The maximum Gasteiger partial charge on any atom is 0.270 e. The van der Waals surface area contributed by atoms with Crippen LogP contribution in [0.3, 0.4) is 0 Å². The highest BCUT2D eigenvalue weighted by Gasteiger charge is 2.34. The van der Waals surface area contributed by atoms with Crippen molar-refractivity contribution in [1.29, 1.82) is 0 Å². The van der Waals surface area contributed by atoms with Gasteiger partial charge in [-0.15, -0.1) is 0 Å². The molecule has 2 amide bonds. The zero-order valence-corrected chi connectivity index (χ0v) is 17.0. The van der Waals surface area contributed by atoms with Gasteiger partial charge in [0.25, 0.3) is 11.8 Å². The molecule has 0 spiro atoms. The number of halogens is 2. The van der Waals surface area contributed by atoms with Gasteiger partial charge in [0, 0.05) is 15.6 Å². The van der Waals surface area contributed by atoms with Crippen LogP contribution in [0, 0.1) is 0 Å². The molecule has 0 aliphatic carbocycles. The van der Waals surface area contributed by atoms with Crippen molar-refractivity contribution in [3.05, 3.63) is 82.0 Å². The molecule has 8 heteroatoms. The Morgan fingerprint density at radius 3 is 2.45 bits per heavy atom. The van der Waals surface area contributed by atoms with Crippen LogP contribution in [-0.4, -0.2) is 16.9 Å². The van der Waals surface area contributed by atoms with Gasteiger partial charge in [0.2, 0.25) is 0 Å². The molecule has 144 valence electrons. The lowest BCUT2D eigenvalue weighted by Gasteiger charge is -2.28. The lowest BCUT2D eigenvalue weighted by molar-refractivity contribution is -0.122. The van der Waals surface area contributed by atoms with Crippen LogP contribution < -0.4 is 10.2 Å². The van der Waals surface area contributed by atoms with E-state index < -0.39 is 11.8 Å². The molecular weight excluding hydrogens is 431 g/mol. The number of carbonyl (C=O) groups is 2. The molecule has 0 unspecified atom stereocenters. The summed E-state index contributed by atoms with van der Waals surface area (Å²) in [5.74, 6) is -0.233. The minimum absolute atomic E-state index is 0.00136. The fourth-order valence-corrected chi connectivity index (χ4v) is 3.45. The summed E-state index contributed by atoms with van der Waals surface area (Å²) in [4.78, 5) is 26.6. The van der Waals surface area contributed by atoms with Gasteiger partial charge in [-0.1, -0.05) is 35.3 Å². The standard InChI is InChI=1S/C21H12Cl2N2O3S/c22-13-4-6-15(7-5-13)25-20(27)17(19(26)24-21(25)29)11-16-8-9-18(28-16)12-2-1-3-14(23)10-12/h1-11H,(H,24,26,29). The van der Waals surface area contributed by atoms with E-state index in [4.69, 9.17) is 39.8 Å². The highest BCUT2D eigenvalue weighted by Crippen LogP contribution is 2.27. The van der Waals surface area contributed by atoms with Crippen molar-refractivity contribution >= 4 is 64.1 Å². The molecule has 29 heavy (non-hydrogen) atoms. The molecule has 2 aromatic carbocycles. The Hall–Kier alpha value is -2.93. The molecular formula is C21H12Cl2N2O3S. The van der Waals surface area contributed by atoms with Crippen molar-refractivity contribution in [1.82, 2.24) is 5.32 Å². The van der Waals surface area contributed by atoms with Crippen molar-refractivity contribution in [2.45, 2.75) is 0 Å². The smallest absolute Gasteiger partial charge is 0.270 e. The number of furan rings is 1. The van der Waals surface area contributed by atoms with E-state index in [1.165, 1.54) is 11.0 Å². The van der Waals surface area contributed by atoms with E-state index in [1.807, 2.05) is 6.07 Å². The third-order valence-corrected chi connectivity index (χ3v) is 4.98. The molecule has 1 N–H and O–H groups in total. The van der Waals surface area contributed by atoms with Crippen molar-refractivity contribution in [3.8, 4) is 11.3 Å². The zero-order chi connectivity index (χ0) is 20.5. The Kier molecular flexibility index (Phi) is 5.24. The predicted molar refractivity (Wildman–Crippen MR) is 117 cm³/mol. The minimum atomic E-state index is -0.592. The monoisotopic (exact) mass is 442 g/mol. The Morgan fingerprint density at radius 1 is 0.966 bits per heavy atom. The fraction of sp³-hybridized carbons (Fsp3) is 0. The summed E-state index contributed by atoms with van der Waals surface area (Å²) in [6.07, 6.45) is 1.39. The second kappa shape index (κ2) is 7.83. The first-order valence-corrected chi connectivity index (χ1v) is 9.61. The van der Waals surface area contributed by atoms with E-state index in [0.29, 0.717) is 27.3 Å². The van der Waals surface area contributed by atoms with Crippen molar-refractivity contribution in [3.63, 3.8) is 0 Å². The third-order valence-electron chi connectivity index (χ3n) is 4.21. The minimum Gasteiger partial charge on any atom is -0.457 e. The average Bonchev–Trinajstić information content (AvgIpc) is 3.15. The molecule has 0 radical (unpaired) electrons. The van der Waals surface area contributed by atoms with E-state index in [-0.39, 0.29) is 10.7 Å². The first-order chi connectivity index (χ1) is 13.9. The number of nitrogens with zero attached hydrogens (tertiary/aromatic N) is 1. The van der Waals surface area contributed by atoms with Gasteiger partial charge >= 0.3 is 0 Å². The van der Waals surface area contributed by atoms with Crippen molar-refractivity contribution in [2.24, 2.45) is 0 Å². The normalized spacial score (nSPS) is 15.7. The summed E-state index contributed by atoms with van der Waals surface area (Å²) < 4.78 is 5.77. The molecule has 1 aromatic heterocycles. The highest BCUT2D eigenvalue weighted by atomic mass is 35.5. The summed E-state index contributed by atoms with van der Waals surface area (Å²) in [6.45, 7) is 0. The number of carbonyl (C=O) groups excluding carboxylic acids is 2. The van der Waals surface area contributed by atoms with Gasteiger partial charge in [-0.2, -0.15) is 0 Å². The van der Waals surface area contributed by atoms with Crippen LogP contribution in [0.2, 0.25) is 10.0 Å². The second-order valence-corrected chi connectivity index (χ2v) is 7.41. The maximum absolute atomic E-state index is 13.0. The number of amides is 2. The topological polar surface area (TPSA) is 62.6 Å². The Balaban J connectivity index is 1.67. The van der Waals surface area contributed by atoms with Crippen LogP contribution in [0.15, 0.2) is 70.7 Å². The first-order valence-electron chi connectivity index (χ1n) is 8.45. The summed E-state index contributed by atoms with van der Waals surface area (Å²) in [7, 11) is 0. The number of hydrogen-bond donors (Lipinski definition) is 1. The lowest BCUT2D eigenvalue weighted by Crippen LogP contribution is -2.54. The quantitative estimate of drug-likeness (QED) is 0.348. The van der Waals surface area contributed by atoms with Gasteiger partial charge in [0.15, 0.2) is 5.11 Å². The van der Waals surface area contributed by atoms with E-state index in [2.05, 4.69) is 5.32 Å². The van der Waals surface area contributed by atoms with Gasteiger partial charge in [-0.25, -0.2) is 0 Å². The number of thiocarbonyl (C=S) groups is 1. The van der Waals surface area contributed by atoms with Gasteiger partial charge in [0.1, 0.15) is 17.1 Å². The molecule has 0 atom stereocenters. The lowest BCUT2D eigenvalue weighted by atomic mass is 10.1. The van der Waals surface area contributed by atoms with E-state index in [1.54, 1.807) is 54.6 Å². The predicted octanol–water partition coefficient (Wildman–Crippen LogP) is 5.08. The number of nitrogens with one attached hydrogen (secondary N) is 1. The van der Waals surface area contributed by atoms with Crippen LogP contribution in [0.5, 0.6) is 0 Å². The highest BCUT2D eigenvalue weighted by molar-refractivity contribution is 7.80. The van der Waals surface area contributed by atoms with E-state index in [0.717, 1.165) is 5.56 Å². The Morgan fingerprint density at radius 2 is 1.72 bits per heavy atom. The number of anilines is 1. The molecule has 1 saturated heterocycles. The second-order valence-electron chi connectivity index (χ2n) is 6.15. The van der Waals surface area contributed by atoms with E-state index >= 15 is 0 Å². The van der Waals surface area contributed by atoms with Crippen LogP contribution in [-0.2, 0) is 9.59 Å². The van der Waals surface area contributed by atoms with Crippen LogP contribution in [0.25, 0.3) is 17.4 Å². The van der Waals surface area contributed by atoms with Gasteiger partial charge in [-0.3, -0.25) is 19.8 Å².